The molecule has 5 N–H and O–H groups in total. The predicted molar refractivity (Wildman–Crippen MR) is 104 cm³/mol. The molecule has 26 heavy (non-hydrogen) atoms. The summed E-state index contributed by atoms with van der Waals surface area (Å²) in [5.74, 6) is 0.743. The van der Waals surface area contributed by atoms with E-state index in [1.807, 2.05) is 7.05 Å². The second-order valence-corrected chi connectivity index (χ2v) is 8.57. The van der Waals surface area contributed by atoms with E-state index in [0.717, 1.165) is 38.0 Å². The van der Waals surface area contributed by atoms with Crippen LogP contribution >= 0.6 is 0 Å². The van der Waals surface area contributed by atoms with Gasteiger partial charge in [-0.1, -0.05) is 34.6 Å². The normalized spacial score (nSPS) is 23.8. The smallest absolute Gasteiger partial charge is 0.404 e. The van der Waals surface area contributed by atoms with E-state index in [4.69, 9.17) is 20.1 Å². The van der Waals surface area contributed by atoms with Crippen LogP contribution in [0.2, 0.25) is 0 Å². The van der Waals surface area contributed by atoms with Crippen molar-refractivity contribution < 1.29 is 24.9 Å². The van der Waals surface area contributed by atoms with E-state index in [0.29, 0.717) is 19.2 Å². The van der Waals surface area contributed by atoms with Crippen LogP contribution in [0.5, 0.6) is 0 Å². The maximum atomic E-state index is 10.6. The van der Waals surface area contributed by atoms with Crippen molar-refractivity contribution in [2.45, 2.75) is 72.8 Å². The van der Waals surface area contributed by atoms with Crippen molar-refractivity contribution in [3.63, 3.8) is 0 Å². The number of carboxylic acid groups (broad SMARTS) is 2. The van der Waals surface area contributed by atoms with Crippen molar-refractivity contribution in [3.8, 4) is 0 Å². The van der Waals surface area contributed by atoms with Crippen LogP contribution in [0.3, 0.4) is 0 Å². The Bertz CT molecular complexity index is 388. The molecule has 1 aliphatic rings. The van der Waals surface area contributed by atoms with Gasteiger partial charge in [0.2, 0.25) is 0 Å². The Hall–Kier alpha value is -1.34. The number of amides is 1. The van der Waals surface area contributed by atoms with Gasteiger partial charge in [0.05, 0.1) is 0 Å². The Morgan fingerprint density at radius 1 is 1.27 bits per heavy atom. The molecular weight excluding hydrogens is 336 g/mol. The Balaban J connectivity index is 0. The van der Waals surface area contributed by atoms with Crippen LogP contribution in [-0.2, 0) is 4.79 Å². The Labute approximate surface area is 158 Å². The first kappa shape index (κ1) is 26.9. The van der Waals surface area contributed by atoms with Gasteiger partial charge in [0.15, 0.2) is 0 Å². The molecule has 2 unspecified atom stereocenters. The largest absolute Gasteiger partial charge is 0.483 e. The van der Waals surface area contributed by atoms with E-state index < -0.39 is 6.09 Å². The van der Waals surface area contributed by atoms with Gasteiger partial charge in [0.25, 0.3) is 6.47 Å². The number of hydrogen-bond donors (Lipinski definition) is 5. The summed E-state index contributed by atoms with van der Waals surface area (Å²) in [6, 6.07) is 0.490. The van der Waals surface area contributed by atoms with Crippen LogP contribution in [0.4, 0.5) is 4.79 Å². The zero-order valence-corrected chi connectivity index (χ0v) is 17.3. The first-order valence-corrected chi connectivity index (χ1v) is 9.28. The number of rotatable bonds is 6. The maximum absolute atomic E-state index is 10.6. The minimum atomic E-state index is -0.925. The number of aliphatic hydroxyl groups excluding tert-OH is 1. The average Bonchev–Trinajstić information content (AvgIpc) is 2.50. The van der Waals surface area contributed by atoms with E-state index >= 15 is 0 Å². The second-order valence-electron chi connectivity index (χ2n) is 8.57. The molecule has 0 saturated heterocycles. The van der Waals surface area contributed by atoms with Gasteiger partial charge < -0.3 is 26.0 Å². The molecule has 0 aromatic carbocycles. The zero-order chi connectivity index (χ0) is 20.8. The fraction of sp³-hybridized carbons (Fsp3) is 0.895. The monoisotopic (exact) mass is 376 g/mol. The molecule has 0 bridgehead atoms. The molecule has 0 aromatic heterocycles. The topological polar surface area (TPSA) is 119 Å². The van der Waals surface area contributed by atoms with Gasteiger partial charge in [-0.25, -0.2) is 4.79 Å². The van der Waals surface area contributed by atoms with E-state index in [1.54, 1.807) is 0 Å². The first-order valence-electron chi connectivity index (χ1n) is 9.28. The maximum Gasteiger partial charge on any atom is 0.404 e. The fourth-order valence-corrected chi connectivity index (χ4v) is 3.76. The third kappa shape index (κ3) is 15.0. The Kier molecular flexibility index (Phi) is 14.3. The van der Waals surface area contributed by atoms with Crippen molar-refractivity contribution in [2.24, 2.45) is 16.7 Å². The van der Waals surface area contributed by atoms with Gasteiger partial charge in [0.1, 0.15) is 0 Å². The third-order valence-corrected chi connectivity index (χ3v) is 4.46. The zero-order valence-electron chi connectivity index (χ0n) is 17.3. The van der Waals surface area contributed by atoms with Crippen LogP contribution in [-0.4, -0.2) is 54.1 Å². The molecule has 0 heterocycles. The molecule has 1 fully saturated rings. The highest BCUT2D eigenvalue weighted by atomic mass is 16.4. The lowest BCUT2D eigenvalue weighted by Gasteiger charge is -2.46. The molecule has 7 heteroatoms. The first-order chi connectivity index (χ1) is 11.9. The van der Waals surface area contributed by atoms with Gasteiger partial charge >= 0.3 is 6.09 Å². The molecule has 1 rings (SSSR count). The van der Waals surface area contributed by atoms with Crippen molar-refractivity contribution >= 4 is 12.6 Å². The van der Waals surface area contributed by atoms with Gasteiger partial charge in [-0.2, -0.15) is 0 Å². The molecule has 0 spiro atoms. The van der Waals surface area contributed by atoms with Gasteiger partial charge in [-0.3, -0.25) is 4.79 Å². The standard InChI is InChI=1S/C12H24N2O2.C6H14O.CH2O2/c1-11(2)5-9(13-4)6-12(3,7-11)8-14-10(15)16;1-6(2)4-3-5-7;2-1-3/h9,13-14H,5-8H2,1-4H3,(H,15,16);6-7H,3-5H2,1-2H3;1H,(H,2,3). The summed E-state index contributed by atoms with van der Waals surface area (Å²) in [5, 5.41) is 29.7. The molecule has 7 nitrogen and oxygen atoms in total. The van der Waals surface area contributed by atoms with Crippen LogP contribution in [0.25, 0.3) is 0 Å². The molecule has 1 amide bonds. The molecule has 0 radical (unpaired) electrons. The van der Waals surface area contributed by atoms with Gasteiger partial charge in [-0.15, -0.1) is 0 Å². The summed E-state index contributed by atoms with van der Waals surface area (Å²) in [6.45, 7) is 11.7. The summed E-state index contributed by atoms with van der Waals surface area (Å²) < 4.78 is 0. The van der Waals surface area contributed by atoms with Crippen LogP contribution in [0.15, 0.2) is 0 Å². The lowest BCUT2D eigenvalue weighted by Crippen LogP contribution is -2.48. The molecule has 2 atom stereocenters. The van der Waals surface area contributed by atoms with E-state index in [-0.39, 0.29) is 17.3 Å². The molecule has 1 aliphatic carbocycles. The minimum absolute atomic E-state index is 0.0633. The summed E-state index contributed by atoms with van der Waals surface area (Å²) in [7, 11) is 1.98. The van der Waals surface area contributed by atoms with Crippen LogP contribution < -0.4 is 10.6 Å². The number of carbonyl (C=O) groups is 2. The molecular formula is C19H40N2O5. The highest BCUT2D eigenvalue weighted by Crippen LogP contribution is 2.45. The van der Waals surface area contributed by atoms with Crippen molar-refractivity contribution in [3.05, 3.63) is 0 Å². The van der Waals surface area contributed by atoms with Crippen molar-refractivity contribution in [1.29, 1.82) is 0 Å². The number of nitrogens with one attached hydrogen (secondary N) is 2. The minimum Gasteiger partial charge on any atom is -0.483 e. The van der Waals surface area contributed by atoms with Gasteiger partial charge in [0, 0.05) is 19.2 Å². The quantitative estimate of drug-likeness (QED) is 0.454. The van der Waals surface area contributed by atoms with Crippen molar-refractivity contribution in [2.75, 3.05) is 20.2 Å². The third-order valence-electron chi connectivity index (χ3n) is 4.46. The predicted octanol–water partition coefficient (Wildman–Crippen LogP) is 3.17. The molecule has 0 aromatic rings. The van der Waals surface area contributed by atoms with Crippen LogP contribution in [0, 0.1) is 16.7 Å². The average molecular weight is 377 g/mol. The summed E-state index contributed by atoms with van der Waals surface area (Å²) in [4.78, 5) is 18.9. The Morgan fingerprint density at radius 3 is 2.15 bits per heavy atom. The SMILES string of the molecule is CC(C)CCCO.CNC1CC(C)(C)CC(C)(CNC(=O)O)C1.O=CO. The highest BCUT2D eigenvalue weighted by molar-refractivity contribution is 5.64. The summed E-state index contributed by atoms with van der Waals surface area (Å²) >= 11 is 0. The molecule has 156 valence electrons. The molecule has 0 aliphatic heterocycles. The lowest BCUT2D eigenvalue weighted by atomic mass is 9.62. The van der Waals surface area contributed by atoms with E-state index in [2.05, 4.69) is 45.3 Å². The van der Waals surface area contributed by atoms with Crippen LogP contribution in [0.1, 0.15) is 66.7 Å². The van der Waals surface area contributed by atoms with E-state index in [1.165, 1.54) is 0 Å². The van der Waals surface area contributed by atoms with Crippen molar-refractivity contribution in [1.82, 2.24) is 10.6 Å². The summed E-state index contributed by atoms with van der Waals surface area (Å²) in [6.07, 6.45) is 4.44. The number of hydrogen-bond acceptors (Lipinski definition) is 4. The molecule has 1 saturated carbocycles. The summed E-state index contributed by atoms with van der Waals surface area (Å²) in [5.41, 5.74) is 0.342. The second kappa shape index (κ2) is 13.8. The highest BCUT2D eigenvalue weighted by Gasteiger charge is 2.40. The fourth-order valence-electron chi connectivity index (χ4n) is 3.76. The van der Waals surface area contributed by atoms with E-state index in [9.17, 15) is 4.79 Å². The lowest BCUT2D eigenvalue weighted by molar-refractivity contribution is -0.122. The Morgan fingerprint density at radius 2 is 1.81 bits per heavy atom. The van der Waals surface area contributed by atoms with Gasteiger partial charge in [-0.05, 0) is 55.9 Å². The number of aliphatic hydroxyl groups is 1.